The van der Waals surface area contributed by atoms with E-state index in [-0.39, 0.29) is 5.56 Å². The van der Waals surface area contributed by atoms with Crippen LogP contribution in [-0.4, -0.2) is 17.1 Å². The van der Waals surface area contributed by atoms with Crippen LogP contribution in [0.3, 0.4) is 0 Å². The maximum atomic E-state index is 10.7. The molecule has 1 rings (SSSR count). The standard InChI is InChI=1S/C8H8N2O3S/c9-8(13)10(14)6-3-1-5(2-4-6)7(11)12/h1-4,14H,(H2,9,13)(H,11,12). The lowest BCUT2D eigenvalue weighted by molar-refractivity contribution is 0.0697. The molecule has 0 heterocycles. The maximum Gasteiger partial charge on any atom is 0.335 e. The van der Waals surface area contributed by atoms with Crippen molar-refractivity contribution in [3.8, 4) is 0 Å². The number of primary amides is 1. The van der Waals surface area contributed by atoms with Crippen molar-refractivity contribution < 1.29 is 14.7 Å². The number of amides is 2. The molecule has 0 bridgehead atoms. The van der Waals surface area contributed by atoms with Crippen molar-refractivity contribution in [1.82, 2.24) is 0 Å². The molecule has 0 fully saturated rings. The summed E-state index contributed by atoms with van der Waals surface area (Å²) in [6, 6.07) is 4.90. The molecule has 1 aromatic rings. The van der Waals surface area contributed by atoms with Gasteiger partial charge in [-0.25, -0.2) is 13.9 Å². The van der Waals surface area contributed by atoms with E-state index < -0.39 is 12.0 Å². The Kier molecular flexibility index (Phi) is 2.98. The zero-order chi connectivity index (χ0) is 10.7. The molecule has 0 aromatic heterocycles. The second-order valence-corrected chi connectivity index (χ2v) is 2.90. The fourth-order valence-electron chi connectivity index (χ4n) is 0.872. The molecule has 1 aromatic carbocycles. The molecule has 0 unspecified atom stereocenters. The monoisotopic (exact) mass is 212 g/mol. The van der Waals surface area contributed by atoms with Gasteiger partial charge in [-0.05, 0) is 24.3 Å². The molecule has 0 atom stereocenters. The first kappa shape index (κ1) is 10.4. The van der Waals surface area contributed by atoms with Crippen molar-refractivity contribution in [2.75, 3.05) is 4.31 Å². The average Bonchev–Trinajstić information content (AvgIpc) is 2.16. The Labute approximate surface area is 85.7 Å². The third-order valence-electron chi connectivity index (χ3n) is 1.57. The molecule has 6 heteroatoms. The summed E-state index contributed by atoms with van der Waals surface area (Å²) < 4.78 is 0.922. The van der Waals surface area contributed by atoms with E-state index in [1.807, 2.05) is 0 Å². The van der Waals surface area contributed by atoms with Crippen LogP contribution in [0, 0.1) is 0 Å². The molecule has 0 spiro atoms. The van der Waals surface area contributed by atoms with Crippen LogP contribution >= 0.6 is 12.8 Å². The van der Waals surface area contributed by atoms with Gasteiger partial charge in [0.05, 0.1) is 11.3 Å². The lowest BCUT2D eigenvalue weighted by Crippen LogP contribution is -2.27. The zero-order valence-corrected chi connectivity index (χ0v) is 7.94. The highest BCUT2D eigenvalue weighted by Crippen LogP contribution is 2.16. The molecule has 0 saturated carbocycles. The van der Waals surface area contributed by atoms with Crippen LogP contribution < -0.4 is 10.0 Å². The predicted molar refractivity (Wildman–Crippen MR) is 54.4 cm³/mol. The van der Waals surface area contributed by atoms with E-state index in [9.17, 15) is 9.59 Å². The Bertz CT molecular complexity index is 363. The number of anilines is 1. The molecule has 2 amide bonds. The third kappa shape index (κ3) is 2.17. The highest BCUT2D eigenvalue weighted by atomic mass is 32.1. The van der Waals surface area contributed by atoms with Crippen LogP contribution in [0.1, 0.15) is 10.4 Å². The van der Waals surface area contributed by atoms with Crippen LogP contribution in [0.4, 0.5) is 10.5 Å². The highest BCUT2D eigenvalue weighted by Gasteiger charge is 2.08. The summed E-state index contributed by atoms with van der Waals surface area (Å²) in [5, 5.41) is 8.60. The summed E-state index contributed by atoms with van der Waals surface area (Å²) >= 11 is 3.81. The molecule has 3 N–H and O–H groups in total. The van der Waals surface area contributed by atoms with Gasteiger partial charge in [-0.3, -0.25) is 0 Å². The van der Waals surface area contributed by atoms with Gasteiger partial charge in [-0.2, -0.15) is 0 Å². The van der Waals surface area contributed by atoms with Crippen LogP contribution in [0.15, 0.2) is 24.3 Å². The van der Waals surface area contributed by atoms with Gasteiger partial charge < -0.3 is 10.8 Å². The number of thiol groups is 1. The first-order valence-electron chi connectivity index (χ1n) is 3.64. The minimum absolute atomic E-state index is 0.139. The summed E-state index contributed by atoms with van der Waals surface area (Å²) in [6.07, 6.45) is 0. The molecule has 5 nitrogen and oxygen atoms in total. The molecule has 14 heavy (non-hydrogen) atoms. The van der Waals surface area contributed by atoms with Gasteiger partial charge in [-0.1, -0.05) is 12.8 Å². The van der Waals surface area contributed by atoms with E-state index in [1.54, 1.807) is 0 Å². The van der Waals surface area contributed by atoms with Crippen molar-refractivity contribution in [3.05, 3.63) is 29.8 Å². The Morgan fingerprint density at radius 2 is 1.79 bits per heavy atom. The number of hydrogen-bond acceptors (Lipinski definition) is 3. The van der Waals surface area contributed by atoms with E-state index in [4.69, 9.17) is 10.8 Å². The maximum absolute atomic E-state index is 10.7. The molecule has 0 radical (unpaired) electrons. The number of aromatic carboxylic acids is 1. The number of rotatable bonds is 2. The van der Waals surface area contributed by atoms with Crippen molar-refractivity contribution >= 4 is 30.5 Å². The zero-order valence-electron chi connectivity index (χ0n) is 7.04. The molecule has 0 aliphatic rings. The van der Waals surface area contributed by atoms with Gasteiger partial charge in [0, 0.05) is 0 Å². The average molecular weight is 212 g/mol. The van der Waals surface area contributed by atoms with E-state index in [0.29, 0.717) is 5.69 Å². The smallest absolute Gasteiger partial charge is 0.335 e. The third-order valence-corrected chi connectivity index (χ3v) is 2.00. The second-order valence-electron chi connectivity index (χ2n) is 2.50. The Hall–Kier alpha value is -1.69. The minimum atomic E-state index is -1.03. The van der Waals surface area contributed by atoms with E-state index in [1.165, 1.54) is 24.3 Å². The first-order valence-corrected chi connectivity index (χ1v) is 4.04. The van der Waals surface area contributed by atoms with Crippen LogP contribution in [0.2, 0.25) is 0 Å². The van der Waals surface area contributed by atoms with Crippen molar-refractivity contribution in [2.45, 2.75) is 0 Å². The lowest BCUT2D eigenvalue weighted by Gasteiger charge is -2.11. The summed E-state index contributed by atoms with van der Waals surface area (Å²) in [4.78, 5) is 21.2. The largest absolute Gasteiger partial charge is 0.478 e. The van der Waals surface area contributed by atoms with Crippen molar-refractivity contribution in [3.63, 3.8) is 0 Å². The summed E-state index contributed by atoms with van der Waals surface area (Å²) in [5.41, 5.74) is 5.52. The van der Waals surface area contributed by atoms with Crippen molar-refractivity contribution in [2.24, 2.45) is 5.73 Å². The van der Waals surface area contributed by atoms with Gasteiger partial charge in [0.2, 0.25) is 0 Å². The van der Waals surface area contributed by atoms with Gasteiger partial charge >= 0.3 is 12.0 Å². The van der Waals surface area contributed by atoms with Crippen LogP contribution in [0.5, 0.6) is 0 Å². The molecule has 74 valence electrons. The van der Waals surface area contributed by atoms with E-state index in [2.05, 4.69) is 12.8 Å². The van der Waals surface area contributed by atoms with E-state index >= 15 is 0 Å². The second kappa shape index (κ2) is 4.01. The van der Waals surface area contributed by atoms with Gasteiger partial charge in [0.15, 0.2) is 0 Å². The number of carbonyl (C=O) groups is 2. The van der Waals surface area contributed by atoms with Gasteiger partial charge in [-0.15, -0.1) is 0 Å². The normalized spacial score (nSPS) is 9.50. The first-order chi connectivity index (χ1) is 6.52. The van der Waals surface area contributed by atoms with Crippen molar-refractivity contribution in [1.29, 1.82) is 0 Å². The Morgan fingerprint density at radius 1 is 1.29 bits per heavy atom. The minimum Gasteiger partial charge on any atom is -0.478 e. The molecule has 0 aliphatic heterocycles. The summed E-state index contributed by atoms with van der Waals surface area (Å²) in [7, 11) is 0. The summed E-state index contributed by atoms with van der Waals surface area (Å²) in [5.74, 6) is -1.03. The fourth-order valence-corrected chi connectivity index (χ4v) is 1.01. The predicted octanol–water partition coefficient (Wildman–Crippen LogP) is 1.11. The van der Waals surface area contributed by atoms with Gasteiger partial charge in [0.25, 0.3) is 0 Å². The Morgan fingerprint density at radius 3 is 2.14 bits per heavy atom. The number of carboxylic acids is 1. The molecule has 0 aliphatic carbocycles. The van der Waals surface area contributed by atoms with Crippen LogP contribution in [-0.2, 0) is 0 Å². The van der Waals surface area contributed by atoms with Gasteiger partial charge in [0.1, 0.15) is 0 Å². The lowest BCUT2D eigenvalue weighted by atomic mass is 10.2. The molecular formula is C8H8N2O3S. The fraction of sp³-hybridized carbons (Fsp3) is 0. The number of benzene rings is 1. The quantitative estimate of drug-likeness (QED) is 0.642. The topological polar surface area (TPSA) is 83.6 Å². The number of urea groups is 1. The number of carbonyl (C=O) groups excluding carboxylic acids is 1. The number of nitrogens with zero attached hydrogens (tertiary/aromatic N) is 1. The van der Waals surface area contributed by atoms with Crippen LogP contribution in [0.25, 0.3) is 0 Å². The highest BCUT2D eigenvalue weighted by molar-refractivity contribution is 7.82. The number of carboxylic acid groups (broad SMARTS) is 1. The summed E-state index contributed by atoms with van der Waals surface area (Å²) in [6.45, 7) is 0. The Balaban J connectivity index is 2.94. The molecular weight excluding hydrogens is 204 g/mol. The number of hydrogen-bond donors (Lipinski definition) is 3. The SMILES string of the molecule is NC(=O)N(S)c1ccc(C(=O)O)cc1. The molecule has 0 saturated heterocycles. The van der Waals surface area contributed by atoms with E-state index in [0.717, 1.165) is 4.31 Å². The number of nitrogens with two attached hydrogens (primary N) is 1.